The van der Waals surface area contributed by atoms with E-state index in [9.17, 15) is 4.79 Å². The molecule has 0 atom stereocenters. The lowest BCUT2D eigenvalue weighted by molar-refractivity contribution is -0.135. The lowest BCUT2D eigenvalue weighted by Crippen LogP contribution is -2.56. The first-order valence-electron chi connectivity index (χ1n) is 9.73. The van der Waals surface area contributed by atoms with Crippen LogP contribution < -0.4 is 4.90 Å². The Labute approximate surface area is 151 Å². The summed E-state index contributed by atoms with van der Waals surface area (Å²) >= 11 is 0. The maximum absolute atomic E-state index is 12.7. The van der Waals surface area contributed by atoms with Crippen molar-refractivity contribution in [2.45, 2.75) is 38.1 Å². The van der Waals surface area contributed by atoms with Crippen molar-refractivity contribution in [3.8, 4) is 0 Å². The van der Waals surface area contributed by atoms with E-state index >= 15 is 0 Å². The highest BCUT2D eigenvalue weighted by Crippen LogP contribution is 2.54. The number of likely N-dealkylation sites (N-methyl/N-ethyl adjacent to an activating group) is 1. The van der Waals surface area contributed by atoms with Crippen molar-refractivity contribution in [1.29, 1.82) is 0 Å². The molecule has 4 saturated carbocycles. The first-order chi connectivity index (χ1) is 12.0. The van der Waals surface area contributed by atoms with Gasteiger partial charge in [-0.3, -0.25) is 4.79 Å². The Morgan fingerprint density at radius 2 is 1.48 bits per heavy atom. The molecule has 4 aliphatic rings. The second-order valence-corrected chi connectivity index (χ2v) is 8.69. The number of rotatable bonds is 4. The van der Waals surface area contributed by atoms with Gasteiger partial charge in [0, 0.05) is 38.9 Å². The van der Waals surface area contributed by atoms with Crippen LogP contribution in [0.5, 0.6) is 0 Å². The van der Waals surface area contributed by atoms with Crippen LogP contribution in [0.2, 0.25) is 0 Å². The lowest BCUT2D eigenvalue weighted by atomic mass is 9.54. The number of nitrogens with zero attached hydrogens (tertiary/aromatic N) is 2. The van der Waals surface area contributed by atoms with Crippen LogP contribution in [0.1, 0.15) is 37.7 Å². The Kier molecular flexibility index (Phi) is 4.35. The second-order valence-electron chi connectivity index (χ2n) is 8.69. The van der Waals surface area contributed by atoms with E-state index in [-0.39, 0.29) is 5.91 Å². The maximum Gasteiger partial charge on any atom is 0.246 e. The minimum absolute atomic E-state index is 0.161. The van der Waals surface area contributed by atoms with Crippen LogP contribution in [0.25, 0.3) is 6.08 Å². The zero-order chi connectivity index (χ0) is 17.6. The molecule has 25 heavy (non-hydrogen) atoms. The third-order valence-electron chi connectivity index (χ3n) is 6.80. The molecule has 134 valence electrons. The molecule has 0 heterocycles. The predicted molar refractivity (Wildman–Crippen MR) is 103 cm³/mol. The van der Waals surface area contributed by atoms with Crippen molar-refractivity contribution in [2.24, 2.45) is 23.7 Å². The van der Waals surface area contributed by atoms with Crippen LogP contribution in [-0.2, 0) is 4.79 Å². The third-order valence-corrected chi connectivity index (χ3v) is 6.80. The molecule has 4 bridgehead atoms. The molecule has 0 unspecified atom stereocenters. The predicted octanol–water partition coefficient (Wildman–Crippen LogP) is 4.05. The summed E-state index contributed by atoms with van der Waals surface area (Å²) in [6.45, 7) is 0. The van der Waals surface area contributed by atoms with Gasteiger partial charge in [0.1, 0.15) is 0 Å². The summed E-state index contributed by atoms with van der Waals surface area (Å²) in [6.07, 6.45) is 10.6. The summed E-state index contributed by atoms with van der Waals surface area (Å²) in [6, 6.07) is 8.79. The van der Waals surface area contributed by atoms with Crippen LogP contribution in [0, 0.1) is 23.7 Å². The Morgan fingerprint density at radius 3 is 2.00 bits per heavy atom. The average molecular weight is 338 g/mol. The minimum atomic E-state index is 0.161. The van der Waals surface area contributed by atoms with Gasteiger partial charge in [0.05, 0.1) is 0 Å². The average Bonchev–Trinajstić information content (AvgIpc) is 2.59. The molecule has 0 spiro atoms. The molecular weight excluding hydrogens is 308 g/mol. The fraction of sp³-hybridized carbons (Fsp3) is 0.591. The van der Waals surface area contributed by atoms with E-state index in [0.717, 1.165) is 29.2 Å². The summed E-state index contributed by atoms with van der Waals surface area (Å²) in [5.74, 6) is 3.56. The van der Waals surface area contributed by atoms with E-state index in [1.807, 2.05) is 27.2 Å². The fourth-order valence-corrected chi connectivity index (χ4v) is 5.84. The van der Waals surface area contributed by atoms with E-state index in [1.54, 1.807) is 6.08 Å². The summed E-state index contributed by atoms with van der Waals surface area (Å²) < 4.78 is 0. The summed E-state index contributed by atoms with van der Waals surface area (Å²) in [5, 5.41) is 0. The Bertz CT molecular complexity index is 633. The largest absolute Gasteiger partial charge is 0.378 e. The highest BCUT2D eigenvalue weighted by atomic mass is 16.2. The number of hydrogen-bond acceptors (Lipinski definition) is 2. The fourth-order valence-electron chi connectivity index (χ4n) is 5.84. The van der Waals surface area contributed by atoms with Crippen LogP contribution in [0.15, 0.2) is 30.3 Å². The van der Waals surface area contributed by atoms with Crippen molar-refractivity contribution in [3.63, 3.8) is 0 Å². The van der Waals surface area contributed by atoms with Crippen molar-refractivity contribution in [3.05, 3.63) is 35.9 Å². The molecular formula is C22H30N2O. The highest BCUT2D eigenvalue weighted by Gasteiger charge is 2.50. The molecule has 4 aliphatic carbocycles. The first kappa shape index (κ1) is 16.7. The van der Waals surface area contributed by atoms with Gasteiger partial charge in [-0.05, 0) is 79.5 Å². The quantitative estimate of drug-likeness (QED) is 0.773. The van der Waals surface area contributed by atoms with Crippen molar-refractivity contribution >= 4 is 17.7 Å². The van der Waals surface area contributed by atoms with E-state index in [0.29, 0.717) is 6.04 Å². The zero-order valence-corrected chi connectivity index (χ0v) is 15.7. The molecule has 4 fully saturated rings. The van der Waals surface area contributed by atoms with Gasteiger partial charge >= 0.3 is 0 Å². The van der Waals surface area contributed by atoms with E-state index in [1.165, 1.54) is 37.8 Å². The second kappa shape index (κ2) is 6.51. The van der Waals surface area contributed by atoms with E-state index in [4.69, 9.17) is 0 Å². The molecule has 5 rings (SSSR count). The Morgan fingerprint density at radius 1 is 0.920 bits per heavy atom. The number of carbonyl (C=O) groups excluding carboxylic acids is 1. The SMILES string of the molecule is CN(C)c1ccc(/C=C/C(=O)N(C)C2C3CC4CC(C3)CC2C4)cc1. The third kappa shape index (κ3) is 3.21. The van der Waals surface area contributed by atoms with Gasteiger partial charge in [-0.25, -0.2) is 0 Å². The molecule has 3 nitrogen and oxygen atoms in total. The minimum Gasteiger partial charge on any atom is -0.378 e. The van der Waals surface area contributed by atoms with Gasteiger partial charge in [-0.2, -0.15) is 0 Å². The first-order valence-corrected chi connectivity index (χ1v) is 9.73. The molecule has 0 aromatic heterocycles. The smallest absolute Gasteiger partial charge is 0.246 e. The molecule has 0 saturated heterocycles. The van der Waals surface area contributed by atoms with Crippen LogP contribution in [0.4, 0.5) is 5.69 Å². The van der Waals surface area contributed by atoms with Gasteiger partial charge < -0.3 is 9.80 Å². The summed E-state index contributed by atoms with van der Waals surface area (Å²) in [5.41, 5.74) is 2.26. The van der Waals surface area contributed by atoms with Crippen molar-refractivity contribution in [2.75, 3.05) is 26.0 Å². The van der Waals surface area contributed by atoms with Crippen LogP contribution in [0.3, 0.4) is 0 Å². The van der Waals surface area contributed by atoms with E-state index < -0.39 is 0 Å². The molecule has 3 heteroatoms. The Balaban J connectivity index is 1.42. The topological polar surface area (TPSA) is 23.6 Å². The molecule has 0 N–H and O–H groups in total. The molecule has 1 aromatic rings. The number of hydrogen-bond donors (Lipinski definition) is 0. The van der Waals surface area contributed by atoms with Crippen LogP contribution >= 0.6 is 0 Å². The van der Waals surface area contributed by atoms with Gasteiger partial charge in [0.2, 0.25) is 5.91 Å². The zero-order valence-electron chi connectivity index (χ0n) is 15.7. The highest BCUT2D eigenvalue weighted by molar-refractivity contribution is 5.92. The molecule has 0 radical (unpaired) electrons. The standard InChI is InChI=1S/C22H30N2O/c1-23(2)20-7-4-15(5-8-20)6-9-21(25)24(3)22-18-11-16-10-17(13-18)14-19(22)12-16/h4-9,16-19,22H,10-14H2,1-3H3/b9-6+. The van der Waals surface area contributed by atoms with E-state index in [2.05, 4.69) is 34.1 Å². The molecule has 1 amide bonds. The number of benzene rings is 1. The van der Waals surface area contributed by atoms with Crippen molar-refractivity contribution < 1.29 is 4.79 Å². The summed E-state index contributed by atoms with van der Waals surface area (Å²) in [7, 11) is 6.09. The lowest BCUT2D eigenvalue weighted by Gasteiger charge is -2.56. The summed E-state index contributed by atoms with van der Waals surface area (Å²) in [4.78, 5) is 16.9. The van der Waals surface area contributed by atoms with Gasteiger partial charge in [0.25, 0.3) is 0 Å². The molecule has 0 aliphatic heterocycles. The Hall–Kier alpha value is -1.77. The number of anilines is 1. The van der Waals surface area contributed by atoms with Gasteiger partial charge in [-0.1, -0.05) is 12.1 Å². The van der Waals surface area contributed by atoms with Gasteiger partial charge in [-0.15, -0.1) is 0 Å². The number of carbonyl (C=O) groups is 1. The number of amides is 1. The molecule has 1 aromatic carbocycles. The normalized spacial score (nSPS) is 33.0. The van der Waals surface area contributed by atoms with Crippen LogP contribution in [-0.4, -0.2) is 38.0 Å². The van der Waals surface area contributed by atoms with Crippen molar-refractivity contribution in [1.82, 2.24) is 4.90 Å². The monoisotopic (exact) mass is 338 g/mol. The van der Waals surface area contributed by atoms with Gasteiger partial charge in [0.15, 0.2) is 0 Å². The maximum atomic E-state index is 12.7.